The fourth-order valence-electron chi connectivity index (χ4n) is 1.84. The molecule has 0 saturated heterocycles. The first-order valence-corrected chi connectivity index (χ1v) is 5.41. The van der Waals surface area contributed by atoms with Gasteiger partial charge in [-0.15, -0.1) is 0 Å². The van der Waals surface area contributed by atoms with Gasteiger partial charge >= 0.3 is 5.97 Å². The summed E-state index contributed by atoms with van der Waals surface area (Å²) >= 11 is 0. The number of hydrogen-bond acceptors (Lipinski definition) is 4. The van der Waals surface area contributed by atoms with E-state index in [-0.39, 0.29) is 12.5 Å². The Balaban J connectivity index is 1.95. The molecule has 1 aromatic heterocycles. The Kier molecular flexibility index (Phi) is 3.03. The van der Waals surface area contributed by atoms with Crippen LogP contribution in [0.1, 0.15) is 29.6 Å². The molecule has 1 aliphatic carbocycles. The maximum atomic E-state index is 11.7. The number of carboxylic acid groups (broad SMARTS) is 1. The summed E-state index contributed by atoms with van der Waals surface area (Å²) in [5, 5.41) is 11.7. The van der Waals surface area contributed by atoms with Crippen LogP contribution in [0.25, 0.3) is 0 Å². The maximum Gasteiger partial charge on any atom is 0.311 e. The molecule has 17 heavy (non-hydrogen) atoms. The Morgan fingerprint density at radius 3 is 2.47 bits per heavy atom. The average Bonchev–Trinajstić information content (AvgIpc) is 2.28. The summed E-state index contributed by atoms with van der Waals surface area (Å²) in [6.07, 6.45) is 6.27. The van der Waals surface area contributed by atoms with Crippen molar-refractivity contribution in [2.75, 3.05) is 6.54 Å². The molecule has 1 heterocycles. The van der Waals surface area contributed by atoms with E-state index in [9.17, 15) is 9.59 Å². The van der Waals surface area contributed by atoms with E-state index in [1.54, 1.807) is 0 Å². The number of nitrogens with zero attached hydrogens (tertiary/aromatic N) is 2. The summed E-state index contributed by atoms with van der Waals surface area (Å²) in [7, 11) is 0. The van der Waals surface area contributed by atoms with Gasteiger partial charge < -0.3 is 10.4 Å². The van der Waals surface area contributed by atoms with Gasteiger partial charge in [0.05, 0.1) is 11.0 Å². The zero-order valence-corrected chi connectivity index (χ0v) is 9.22. The van der Waals surface area contributed by atoms with Gasteiger partial charge in [0.15, 0.2) is 0 Å². The minimum atomic E-state index is -0.839. The number of carboxylic acids is 1. The molecule has 1 aliphatic rings. The van der Waals surface area contributed by atoms with E-state index < -0.39 is 11.4 Å². The number of aromatic nitrogens is 2. The van der Waals surface area contributed by atoms with E-state index in [2.05, 4.69) is 15.3 Å². The summed E-state index contributed by atoms with van der Waals surface area (Å²) in [4.78, 5) is 30.2. The molecule has 90 valence electrons. The standard InChI is InChI=1S/C11H13N3O3/c15-9(8-4-12-7-13-5-8)14-6-11(10(16)17)2-1-3-11/h4-5,7H,1-3,6H2,(H,14,15)(H,16,17). The molecular weight excluding hydrogens is 222 g/mol. The van der Waals surface area contributed by atoms with Gasteiger partial charge in [0.25, 0.3) is 5.91 Å². The maximum absolute atomic E-state index is 11.7. The number of hydrogen-bond donors (Lipinski definition) is 2. The largest absolute Gasteiger partial charge is 0.481 e. The fourth-order valence-corrected chi connectivity index (χ4v) is 1.84. The normalized spacial score (nSPS) is 16.9. The molecule has 6 nitrogen and oxygen atoms in total. The molecule has 0 aromatic carbocycles. The highest BCUT2D eigenvalue weighted by Gasteiger charge is 2.44. The third-order valence-corrected chi connectivity index (χ3v) is 3.17. The lowest BCUT2D eigenvalue weighted by atomic mass is 9.69. The topological polar surface area (TPSA) is 92.2 Å². The van der Waals surface area contributed by atoms with Gasteiger partial charge in [-0.25, -0.2) is 9.97 Å². The zero-order valence-electron chi connectivity index (χ0n) is 9.22. The van der Waals surface area contributed by atoms with Crippen molar-refractivity contribution in [3.63, 3.8) is 0 Å². The zero-order chi connectivity index (χ0) is 12.3. The van der Waals surface area contributed by atoms with Gasteiger partial charge in [-0.1, -0.05) is 6.42 Å². The van der Waals surface area contributed by atoms with Gasteiger partial charge in [-0.2, -0.15) is 0 Å². The monoisotopic (exact) mass is 235 g/mol. The summed E-state index contributed by atoms with van der Waals surface area (Å²) < 4.78 is 0. The highest BCUT2D eigenvalue weighted by atomic mass is 16.4. The van der Waals surface area contributed by atoms with Crippen LogP contribution < -0.4 is 5.32 Å². The van der Waals surface area contributed by atoms with E-state index in [0.29, 0.717) is 18.4 Å². The summed E-state index contributed by atoms with van der Waals surface area (Å²) in [6.45, 7) is 0.163. The van der Waals surface area contributed by atoms with Crippen molar-refractivity contribution in [1.82, 2.24) is 15.3 Å². The highest BCUT2D eigenvalue weighted by molar-refractivity contribution is 5.93. The molecule has 0 aliphatic heterocycles. The van der Waals surface area contributed by atoms with E-state index in [1.165, 1.54) is 18.7 Å². The summed E-state index contributed by atoms with van der Waals surface area (Å²) in [5.74, 6) is -1.17. The molecular formula is C11H13N3O3. The van der Waals surface area contributed by atoms with Crippen molar-refractivity contribution in [2.45, 2.75) is 19.3 Å². The van der Waals surface area contributed by atoms with Crippen LogP contribution in [0.5, 0.6) is 0 Å². The van der Waals surface area contributed by atoms with Crippen molar-refractivity contribution >= 4 is 11.9 Å². The predicted octanol–water partition coefficient (Wildman–Crippen LogP) is 0.461. The molecule has 2 N–H and O–H groups in total. The number of nitrogens with one attached hydrogen (secondary N) is 1. The highest BCUT2D eigenvalue weighted by Crippen LogP contribution is 2.40. The smallest absolute Gasteiger partial charge is 0.311 e. The first-order valence-electron chi connectivity index (χ1n) is 5.41. The van der Waals surface area contributed by atoms with Crippen molar-refractivity contribution in [1.29, 1.82) is 0 Å². The molecule has 6 heteroatoms. The van der Waals surface area contributed by atoms with Crippen LogP contribution in [0.3, 0.4) is 0 Å². The predicted molar refractivity (Wildman–Crippen MR) is 58.3 cm³/mol. The second-order valence-corrected chi connectivity index (χ2v) is 4.25. The van der Waals surface area contributed by atoms with E-state index >= 15 is 0 Å². The second kappa shape index (κ2) is 4.48. The van der Waals surface area contributed by atoms with Gasteiger partial charge in [0, 0.05) is 18.9 Å². The van der Waals surface area contributed by atoms with Gasteiger partial charge in [0.2, 0.25) is 0 Å². The van der Waals surface area contributed by atoms with Crippen LogP contribution in [0.2, 0.25) is 0 Å². The quantitative estimate of drug-likeness (QED) is 0.791. The van der Waals surface area contributed by atoms with Gasteiger partial charge in [0.1, 0.15) is 6.33 Å². The molecule has 1 saturated carbocycles. The fraction of sp³-hybridized carbons (Fsp3) is 0.455. The van der Waals surface area contributed by atoms with Crippen molar-refractivity contribution in [3.05, 3.63) is 24.3 Å². The number of amides is 1. The number of carbonyl (C=O) groups excluding carboxylic acids is 1. The Morgan fingerprint density at radius 1 is 1.35 bits per heavy atom. The van der Waals surface area contributed by atoms with Crippen LogP contribution in [-0.2, 0) is 4.79 Å². The minimum absolute atomic E-state index is 0.163. The summed E-state index contributed by atoms with van der Waals surface area (Å²) in [5.41, 5.74) is -0.432. The van der Waals surface area contributed by atoms with Gasteiger partial charge in [-0.05, 0) is 12.8 Å². The second-order valence-electron chi connectivity index (χ2n) is 4.25. The van der Waals surface area contributed by atoms with Crippen LogP contribution in [0, 0.1) is 5.41 Å². The molecule has 0 spiro atoms. The molecule has 2 rings (SSSR count). The first-order chi connectivity index (χ1) is 8.14. The van der Waals surface area contributed by atoms with Crippen molar-refractivity contribution in [2.24, 2.45) is 5.41 Å². The average molecular weight is 235 g/mol. The van der Waals surface area contributed by atoms with Crippen LogP contribution in [-0.4, -0.2) is 33.5 Å². The molecule has 1 amide bonds. The third kappa shape index (κ3) is 2.25. The lowest BCUT2D eigenvalue weighted by Gasteiger charge is -2.37. The lowest BCUT2D eigenvalue weighted by Crippen LogP contribution is -2.47. The van der Waals surface area contributed by atoms with E-state index in [4.69, 9.17) is 5.11 Å². The number of carbonyl (C=O) groups is 2. The third-order valence-electron chi connectivity index (χ3n) is 3.17. The van der Waals surface area contributed by atoms with Crippen LogP contribution in [0.15, 0.2) is 18.7 Å². The molecule has 1 fully saturated rings. The van der Waals surface area contributed by atoms with Crippen LogP contribution >= 0.6 is 0 Å². The number of aliphatic carboxylic acids is 1. The molecule has 0 radical (unpaired) electrons. The van der Waals surface area contributed by atoms with E-state index in [1.807, 2.05) is 0 Å². The van der Waals surface area contributed by atoms with E-state index in [0.717, 1.165) is 6.42 Å². The first kappa shape index (κ1) is 11.5. The Morgan fingerprint density at radius 2 is 2.00 bits per heavy atom. The van der Waals surface area contributed by atoms with Gasteiger partial charge in [-0.3, -0.25) is 9.59 Å². The summed E-state index contributed by atoms with van der Waals surface area (Å²) in [6, 6.07) is 0. The SMILES string of the molecule is O=C(NCC1(C(=O)O)CCC1)c1cncnc1. The van der Waals surface area contributed by atoms with Crippen LogP contribution in [0.4, 0.5) is 0 Å². The van der Waals surface area contributed by atoms with Crippen molar-refractivity contribution < 1.29 is 14.7 Å². The van der Waals surface area contributed by atoms with Crippen molar-refractivity contribution in [3.8, 4) is 0 Å². The number of rotatable bonds is 4. The Hall–Kier alpha value is -1.98. The Labute approximate surface area is 98.1 Å². The molecule has 0 bridgehead atoms. The Bertz CT molecular complexity index is 429. The lowest BCUT2D eigenvalue weighted by molar-refractivity contribution is -0.153. The molecule has 0 atom stereocenters. The molecule has 0 unspecified atom stereocenters. The molecule has 1 aromatic rings. The minimum Gasteiger partial charge on any atom is -0.481 e.